The molecule has 1 aromatic rings. The maximum atomic E-state index is 12.0. The van der Waals surface area contributed by atoms with E-state index in [9.17, 15) is 9.59 Å². The summed E-state index contributed by atoms with van der Waals surface area (Å²) in [5.41, 5.74) is 0.640. The Kier molecular flexibility index (Phi) is 4.88. The molecule has 0 unspecified atom stereocenters. The van der Waals surface area contributed by atoms with Gasteiger partial charge < -0.3 is 14.7 Å². The minimum Gasteiger partial charge on any atom is -0.352 e. The van der Waals surface area contributed by atoms with Crippen LogP contribution in [0.1, 0.15) is 37.0 Å². The number of nitrogens with zero attached hydrogens (tertiary/aromatic N) is 2. The predicted molar refractivity (Wildman–Crippen MR) is 66.1 cm³/mol. The molecule has 0 aliphatic heterocycles. The van der Waals surface area contributed by atoms with Crippen LogP contribution in [-0.4, -0.2) is 41.0 Å². The zero-order valence-electron chi connectivity index (χ0n) is 11.2. The van der Waals surface area contributed by atoms with Gasteiger partial charge in [-0.15, -0.1) is 0 Å². The van der Waals surface area contributed by atoms with Gasteiger partial charge in [0.2, 0.25) is 11.7 Å². The van der Waals surface area contributed by atoms with Gasteiger partial charge in [0, 0.05) is 18.7 Å². The van der Waals surface area contributed by atoms with Crippen molar-refractivity contribution in [1.29, 1.82) is 0 Å². The topological polar surface area (TPSA) is 75.4 Å². The summed E-state index contributed by atoms with van der Waals surface area (Å²) >= 11 is 0. The molecule has 6 heteroatoms. The molecule has 6 nitrogen and oxygen atoms in total. The molecule has 1 rings (SSSR count). The third-order valence-electron chi connectivity index (χ3n) is 2.29. The Balaban J connectivity index is 2.66. The minimum absolute atomic E-state index is 0.0211. The molecule has 18 heavy (non-hydrogen) atoms. The van der Waals surface area contributed by atoms with E-state index in [0.29, 0.717) is 12.2 Å². The molecule has 0 aromatic carbocycles. The molecule has 1 N–H and O–H groups in total. The zero-order valence-corrected chi connectivity index (χ0v) is 11.2. The highest BCUT2D eigenvalue weighted by molar-refractivity contribution is 5.94. The number of aryl methyl sites for hydroxylation is 1. The molecule has 0 spiro atoms. The average Bonchev–Trinajstić information content (AvgIpc) is 2.70. The maximum absolute atomic E-state index is 12.0. The molecule has 0 aliphatic carbocycles. The van der Waals surface area contributed by atoms with E-state index < -0.39 is 0 Å². The number of hydrogen-bond acceptors (Lipinski definition) is 4. The van der Waals surface area contributed by atoms with Gasteiger partial charge in [-0.2, -0.15) is 0 Å². The number of likely N-dealkylation sites (N-methyl/N-ethyl adjacent to an activating group) is 1. The van der Waals surface area contributed by atoms with Crippen molar-refractivity contribution in [3.63, 3.8) is 0 Å². The van der Waals surface area contributed by atoms with E-state index in [1.165, 1.54) is 4.90 Å². The normalized spacial score (nSPS) is 10.5. The van der Waals surface area contributed by atoms with E-state index >= 15 is 0 Å². The second kappa shape index (κ2) is 6.18. The lowest BCUT2D eigenvalue weighted by molar-refractivity contribution is -0.122. The van der Waals surface area contributed by atoms with E-state index in [1.807, 2.05) is 20.8 Å². The van der Waals surface area contributed by atoms with Gasteiger partial charge in [0.25, 0.3) is 5.91 Å². The highest BCUT2D eigenvalue weighted by Crippen LogP contribution is 2.06. The number of nitrogens with one attached hydrogen (secondary N) is 1. The number of rotatable bonds is 5. The van der Waals surface area contributed by atoms with E-state index in [-0.39, 0.29) is 30.2 Å². The number of carbonyl (C=O) groups excluding carboxylic acids is 2. The van der Waals surface area contributed by atoms with E-state index in [0.717, 1.165) is 0 Å². The third-order valence-corrected chi connectivity index (χ3v) is 2.29. The SMILES string of the molecule is CCN(CC(=O)NC(C)C)C(=O)c1cc(C)no1. The lowest BCUT2D eigenvalue weighted by atomic mass is 10.3. The minimum atomic E-state index is -0.322. The molecule has 0 bridgehead atoms. The van der Waals surface area contributed by atoms with Crippen LogP contribution in [0.4, 0.5) is 0 Å². The van der Waals surface area contributed by atoms with Crippen molar-refractivity contribution in [3.05, 3.63) is 17.5 Å². The fourth-order valence-corrected chi connectivity index (χ4v) is 1.49. The van der Waals surface area contributed by atoms with Crippen LogP contribution in [-0.2, 0) is 4.79 Å². The van der Waals surface area contributed by atoms with Gasteiger partial charge >= 0.3 is 0 Å². The first-order valence-electron chi connectivity index (χ1n) is 5.96. The van der Waals surface area contributed by atoms with Gasteiger partial charge in [-0.3, -0.25) is 9.59 Å². The highest BCUT2D eigenvalue weighted by Gasteiger charge is 2.21. The zero-order chi connectivity index (χ0) is 13.7. The Labute approximate surface area is 106 Å². The average molecular weight is 253 g/mol. The Morgan fingerprint density at radius 2 is 2.17 bits per heavy atom. The quantitative estimate of drug-likeness (QED) is 0.848. The summed E-state index contributed by atoms with van der Waals surface area (Å²) in [6.07, 6.45) is 0. The predicted octanol–water partition coefficient (Wildman–Crippen LogP) is 0.970. The Morgan fingerprint density at radius 1 is 1.50 bits per heavy atom. The van der Waals surface area contributed by atoms with Gasteiger partial charge in [-0.05, 0) is 27.7 Å². The molecule has 0 saturated heterocycles. The summed E-state index contributed by atoms with van der Waals surface area (Å²) < 4.78 is 4.90. The first-order chi connectivity index (χ1) is 8.43. The van der Waals surface area contributed by atoms with Gasteiger partial charge in [-0.1, -0.05) is 5.16 Å². The van der Waals surface area contributed by atoms with Crippen LogP contribution in [0.15, 0.2) is 10.6 Å². The lowest BCUT2D eigenvalue weighted by Gasteiger charge is -2.19. The number of aromatic nitrogens is 1. The molecular weight excluding hydrogens is 234 g/mol. The van der Waals surface area contributed by atoms with Gasteiger partial charge in [-0.25, -0.2) is 0 Å². The molecule has 0 saturated carbocycles. The van der Waals surface area contributed by atoms with Gasteiger partial charge in [0.05, 0.1) is 12.2 Å². The highest BCUT2D eigenvalue weighted by atomic mass is 16.5. The van der Waals surface area contributed by atoms with Crippen molar-refractivity contribution >= 4 is 11.8 Å². The Bertz CT molecular complexity index is 426. The monoisotopic (exact) mass is 253 g/mol. The van der Waals surface area contributed by atoms with Crippen molar-refractivity contribution in [2.45, 2.75) is 33.7 Å². The van der Waals surface area contributed by atoms with Crippen molar-refractivity contribution in [1.82, 2.24) is 15.4 Å². The third kappa shape index (κ3) is 3.87. The Morgan fingerprint density at radius 3 is 2.61 bits per heavy atom. The molecule has 2 amide bonds. The van der Waals surface area contributed by atoms with Crippen molar-refractivity contribution in [3.8, 4) is 0 Å². The van der Waals surface area contributed by atoms with Gasteiger partial charge in [0.1, 0.15) is 0 Å². The van der Waals surface area contributed by atoms with Crippen LogP contribution in [0.5, 0.6) is 0 Å². The summed E-state index contributed by atoms with van der Waals surface area (Å²) in [6.45, 7) is 7.74. The number of hydrogen-bond donors (Lipinski definition) is 1. The fraction of sp³-hybridized carbons (Fsp3) is 0.583. The van der Waals surface area contributed by atoms with Crippen molar-refractivity contribution in [2.24, 2.45) is 0 Å². The van der Waals surface area contributed by atoms with E-state index in [4.69, 9.17) is 4.52 Å². The van der Waals surface area contributed by atoms with E-state index in [2.05, 4.69) is 10.5 Å². The van der Waals surface area contributed by atoms with Crippen LogP contribution in [0.25, 0.3) is 0 Å². The standard InChI is InChI=1S/C12H19N3O3/c1-5-15(7-11(16)13-8(2)3)12(17)10-6-9(4)14-18-10/h6,8H,5,7H2,1-4H3,(H,13,16). The van der Waals surface area contributed by atoms with Crippen LogP contribution in [0.3, 0.4) is 0 Å². The van der Waals surface area contributed by atoms with E-state index in [1.54, 1.807) is 13.0 Å². The fourth-order valence-electron chi connectivity index (χ4n) is 1.49. The molecule has 1 aromatic heterocycles. The molecule has 1 heterocycles. The first-order valence-corrected chi connectivity index (χ1v) is 5.96. The Hall–Kier alpha value is -1.85. The first kappa shape index (κ1) is 14.2. The molecule has 0 fully saturated rings. The summed E-state index contributed by atoms with van der Waals surface area (Å²) in [7, 11) is 0. The second-order valence-corrected chi connectivity index (χ2v) is 4.37. The molecular formula is C12H19N3O3. The lowest BCUT2D eigenvalue weighted by Crippen LogP contribution is -2.42. The largest absolute Gasteiger partial charge is 0.352 e. The maximum Gasteiger partial charge on any atom is 0.292 e. The smallest absolute Gasteiger partial charge is 0.292 e. The van der Waals surface area contributed by atoms with Crippen molar-refractivity contribution < 1.29 is 14.1 Å². The summed E-state index contributed by atoms with van der Waals surface area (Å²) in [4.78, 5) is 25.0. The van der Waals surface area contributed by atoms with Crippen LogP contribution < -0.4 is 5.32 Å². The second-order valence-electron chi connectivity index (χ2n) is 4.37. The van der Waals surface area contributed by atoms with Gasteiger partial charge in [0.15, 0.2) is 0 Å². The van der Waals surface area contributed by atoms with Crippen LogP contribution in [0, 0.1) is 6.92 Å². The molecule has 100 valence electrons. The summed E-state index contributed by atoms with van der Waals surface area (Å²) in [6, 6.07) is 1.62. The molecule has 0 radical (unpaired) electrons. The summed E-state index contributed by atoms with van der Waals surface area (Å²) in [5, 5.41) is 6.40. The molecule has 0 atom stereocenters. The summed E-state index contributed by atoms with van der Waals surface area (Å²) in [5.74, 6) is -0.347. The van der Waals surface area contributed by atoms with Crippen LogP contribution >= 0.6 is 0 Å². The van der Waals surface area contributed by atoms with Crippen LogP contribution in [0.2, 0.25) is 0 Å². The molecule has 0 aliphatic rings. The van der Waals surface area contributed by atoms with Crippen molar-refractivity contribution in [2.75, 3.05) is 13.1 Å². The number of amides is 2. The number of carbonyl (C=O) groups is 2.